The quantitative estimate of drug-likeness (QED) is 0.945. The van der Waals surface area contributed by atoms with Crippen molar-refractivity contribution in [3.8, 4) is 0 Å². The SMILES string of the molecule is Cc1cccc2nc(C(=O)N[C@@H](C)[C@@H]3C[C@H]4CC[C@H]3C4)cn12. The number of pyridine rings is 1. The van der Waals surface area contributed by atoms with Crippen molar-refractivity contribution in [1.29, 1.82) is 0 Å². The first-order valence-electron chi connectivity index (χ1n) is 8.37. The minimum Gasteiger partial charge on any atom is -0.348 e. The van der Waals surface area contributed by atoms with Gasteiger partial charge in [0.1, 0.15) is 11.3 Å². The maximum atomic E-state index is 12.5. The van der Waals surface area contributed by atoms with Gasteiger partial charge in [0.05, 0.1) is 0 Å². The van der Waals surface area contributed by atoms with E-state index in [1.54, 1.807) is 0 Å². The van der Waals surface area contributed by atoms with Gasteiger partial charge in [-0.05, 0) is 63.0 Å². The van der Waals surface area contributed by atoms with Gasteiger partial charge in [0.2, 0.25) is 0 Å². The molecule has 0 aliphatic heterocycles. The van der Waals surface area contributed by atoms with E-state index in [-0.39, 0.29) is 11.9 Å². The Morgan fingerprint density at radius 2 is 2.23 bits per heavy atom. The van der Waals surface area contributed by atoms with Crippen molar-refractivity contribution >= 4 is 11.6 Å². The summed E-state index contributed by atoms with van der Waals surface area (Å²) in [5, 5.41) is 3.19. The number of rotatable bonds is 3. The minimum absolute atomic E-state index is 0.0432. The Kier molecular flexibility index (Phi) is 3.21. The van der Waals surface area contributed by atoms with Crippen molar-refractivity contribution < 1.29 is 4.79 Å². The fourth-order valence-corrected chi connectivity index (χ4v) is 4.55. The lowest BCUT2D eigenvalue weighted by Crippen LogP contribution is -2.40. The van der Waals surface area contributed by atoms with Crippen LogP contribution in [0.5, 0.6) is 0 Å². The average Bonchev–Trinajstić information content (AvgIpc) is 3.22. The molecule has 2 aliphatic rings. The predicted molar refractivity (Wildman–Crippen MR) is 85.8 cm³/mol. The first kappa shape index (κ1) is 13.8. The normalized spacial score (nSPS) is 28.2. The van der Waals surface area contributed by atoms with Crippen LogP contribution in [0.2, 0.25) is 0 Å². The van der Waals surface area contributed by atoms with Crippen LogP contribution in [0.3, 0.4) is 0 Å². The summed E-state index contributed by atoms with van der Waals surface area (Å²) in [4.78, 5) is 17.0. The fraction of sp³-hybridized carbons (Fsp3) is 0.556. The second kappa shape index (κ2) is 5.11. The highest BCUT2D eigenvalue weighted by atomic mass is 16.2. The van der Waals surface area contributed by atoms with E-state index in [9.17, 15) is 4.79 Å². The van der Waals surface area contributed by atoms with Gasteiger partial charge in [0, 0.05) is 17.9 Å². The van der Waals surface area contributed by atoms with Crippen LogP contribution in [0.4, 0.5) is 0 Å². The molecule has 4 rings (SSSR count). The van der Waals surface area contributed by atoms with Crippen LogP contribution in [-0.2, 0) is 0 Å². The number of aromatic nitrogens is 2. The van der Waals surface area contributed by atoms with Gasteiger partial charge in [-0.15, -0.1) is 0 Å². The third kappa shape index (κ3) is 2.21. The van der Waals surface area contributed by atoms with Crippen molar-refractivity contribution in [3.63, 3.8) is 0 Å². The molecule has 2 fully saturated rings. The van der Waals surface area contributed by atoms with Gasteiger partial charge in [-0.1, -0.05) is 12.5 Å². The third-order valence-corrected chi connectivity index (χ3v) is 5.72. The highest BCUT2D eigenvalue weighted by molar-refractivity contribution is 5.93. The lowest BCUT2D eigenvalue weighted by atomic mass is 9.84. The number of nitrogens with one attached hydrogen (secondary N) is 1. The molecule has 22 heavy (non-hydrogen) atoms. The summed E-state index contributed by atoms with van der Waals surface area (Å²) in [5.41, 5.74) is 2.44. The van der Waals surface area contributed by atoms with Crippen molar-refractivity contribution in [3.05, 3.63) is 35.8 Å². The van der Waals surface area contributed by atoms with E-state index < -0.39 is 0 Å². The summed E-state index contributed by atoms with van der Waals surface area (Å²) < 4.78 is 1.97. The summed E-state index contributed by atoms with van der Waals surface area (Å²) in [6.45, 7) is 4.18. The first-order valence-corrected chi connectivity index (χ1v) is 8.37. The molecule has 0 saturated heterocycles. The highest BCUT2D eigenvalue weighted by Gasteiger charge is 2.42. The number of fused-ring (bicyclic) bond motifs is 3. The summed E-state index contributed by atoms with van der Waals surface area (Å²) >= 11 is 0. The Balaban J connectivity index is 1.50. The number of hydrogen-bond acceptors (Lipinski definition) is 2. The van der Waals surface area contributed by atoms with Crippen LogP contribution >= 0.6 is 0 Å². The second-order valence-electron chi connectivity index (χ2n) is 7.12. The van der Waals surface area contributed by atoms with E-state index in [2.05, 4.69) is 17.2 Å². The van der Waals surface area contributed by atoms with E-state index >= 15 is 0 Å². The molecule has 2 aromatic heterocycles. The Labute approximate surface area is 130 Å². The largest absolute Gasteiger partial charge is 0.348 e. The standard InChI is InChI=1S/C18H23N3O/c1-11-4-3-5-17-20-16(10-21(11)17)18(22)19-12(2)15-9-13-6-7-14(15)8-13/h3-5,10,12-15H,6-9H2,1-2H3,(H,19,22)/t12-,13-,14-,15-/m0/s1. The summed E-state index contributed by atoms with van der Waals surface area (Å²) in [5.74, 6) is 2.34. The molecular formula is C18H23N3O. The van der Waals surface area contributed by atoms with Gasteiger partial charge in [0.15, 0.2) is 0 Å². The number of carbonyl (C=O) groups is 1. The van der Waals surface area contributed by atoms with Crippen molar-refractivity contribution in [2.45, 2.75) is 45.6 Å². The topological polar surface area (TPSA) is 46.4 Å². The molecule has 2 bridgehead atoms. The highest BCUT2D eigenvalue weighted by Crippen LogP contribution is 2.49. The molecule has 1 N–H and O–H groups in total. The molecular weight excluding hydrogens is 274 g/mol. The molecule has 116 valence electrons. The minimum atomic E-state index is -0.0432. The van der Waals surface area contributed by atoms with E-state index in [4.69, 9.17) is 0 Å². The number of hydrogen-bond donors (Lipinski definition) is 1. The Morgan fingerprint density at radius 3 is 2.91 bits per heavy atom. The molecule has 4 nitrogen and oxygen atoms in total. The average molecular weight is 297 g/mol. The van der Waals surface area contributed by atoms with Crippen LogP contribution in [0.15, 0.2) is 24.4 Å². The lowest BCUT2D eigenvalue weighted by molar-refractivity contribution is 0.0911. The number of nitrogens with zero attached hydrogens (tertiary/aromatic N) is 2. The van der Waals surface area contributed by atoms with Gasteiger partial charge in [0.25, 0.3) is 5.91 Å². The number of amides is 1. The van der Waals surface area contributed by atoms with Crippen LogP contribution in [-0.4, -0.2) is 21.3 Å². The van der Waals surface area contributed by atoms with Gasteiger partial charge < -0.3 is 9.72 Å². The summed E-state index contributed by atoms with van der Waals surface area (Å²) in [6.07, 6.45) is 7.25. The first-order chi connectivity index (χ1) is 10.6. The maximum Gasteiger partial charge on any atom is 0.271 e. The number of aryl methyl sites for hydroxylation is 1. The maximum absolute atomic E-state index is 12.5. The van der Waals surface area contributed by atoms with Crippen LogP contribution in [0, 0.1) is 24.7 Å². The Morgan fingerprint density at radius 1 is 1.36 bits per heavy atom. The zero-order chi connectivity index (χ0) is 15.3. The third-order valence-electron chi connectivity index (χ3n) is 5.72. The molecule has 2 saturated carbocycles. The molecule has 0 unspecified atom stereocenters. The van der Waals surface area contributed by atoms with Gasteiger partial charge in [-0.2, -0.15) is 0 Å². The predicted octanol–water partition coefficient (Wildman–Crippen LogP) is 3.20. The van der Waals surface area contributed by atoms with E-state index in [1.807, 2.05) is 35.7 Å². The second-order valence-corrected chi connectivity index (χ2v) is 7.12. The van der Waals surface area contributed by atoms with Crippen molar-refractivity contribution in [1.82, 2.24) is 14.7 Å². The fourth-order valence-electron chi connectivity index (χ4n) is 4.55. The van der Waals surface area contributed by atoms with E-state index in [1.165, 1.54) is 25.7 Å². The van der Waals surface area contributed by atoms with Gasteiger partial charge in [-0.25, -0.2) is 4.98 Å². The molecule has 2 heterocycles. The van der Waals surface area contributed by atoms with Crippen LogP contribution in [0.25, 0.3) is 5.65 Å². The van der Waals surface area contributed by atoms with Crippen molar-refractivity contribution in [2.75, 3.05) is 0 Å². The molecule has 0 spiro atoms. The molecule has 1 amide bonds. The summed E-state index contributed by atoms with van der Waals surface area (Å²) in [6, 6.07) is 6.17. The monoisotopic (exact) mass is 297 g/mol. The van der Waals surface area contributed by atoms with Gasteiger partial charge in [-0.3, -0.25) is 4.79 Å². The van der Waals surface area contributed by atoms with Crippen LogP contribution in [0.1, 0.15) is 48.8 Å². The zero-order valence-corrected chi connectivity index (χ0v) is 13.2. The van der Waals surface area contributed by atoms with Crippen LogP contribution < -0.4 is 5.32 Å². The number of imidazole rings is 1. The molecule has 4 heteroatoms. The molecule has 2 aromatic rings. The molecule has 0 radical (unpaired) electrons. The Bertz CT molecular complexity index is 720. The lowest BCUT2D eigenvalue weighted by Gasteiger charge is -2.28. The number of carbonyl (C=O) groups excluding carboxylic acids is 1. The Hall–Kier alpha value is -1.84. The molecule has 4 atom stereocenters. The van der Waals surface area contributed by atoms with Gasteiger partial charge >= 0.3 is 0 Å². The summed E-state index contributed by atoms with van der Waals surface area (Å²) in [7, 11) is 0. The zero-order valence-electron chi connectivity index (χ0n) is 13.2. The van der Waals surface area contributed by atoms with Crippen molar-refractivity contribution in [2.24, 2.45) is 17.8 Å². The molecule has 0 aromatic carbocycles. The smallest absolute Gasteiger partial charge is 0.271 e. The van der Waals surface area contributed by atoms with E-state index in [0.29, 0.717) is 11.6 Å². The molecule has 2 aliphatic carbocycles. The van der Waals surface area contributed by atoms with E-state index in [0.717, 1.165) is 23.2 Å².